The fourth-order valence-electron chi connectivity index (χ4n) is 3.83. The first-order valence-corrected chi connectivity index (χ1v) is 12.0. The van der Waals surface area contributed by atoms with Crippen LogP contribution >= 0.6 is 0 Å². The Balaban J connectivity index is 2.00. The van der Waals surface area contributed by atoms with Crippen LogP contribution in [0.4, 0.5) is 11.4 Å². The molecule has 2 aromatic carbocycles. The number of hydrogen-bond acceptors (Lipinski definition) is 4. The normalized spacial score (nSPS) is 12.4. The van der Waals surface area contributed by atoms with Crippen molar-refractivity contribution in [2.24, 2.45) is 7.05 Å². The molecule has 1 N–H and O–H groups in total. The van der Waals surface area contributed by atoms with Gasteiger partial charge in [0.05, 0.1) is 23.3 Å². The number of rotatable bonds is 6. The zero-order valence-electron chi connectivity index (χ0n) is 19.1. The van der Waals surface area contributed by atoms with Crippen molar-refractivity contribution >= 4 is 27.3 Å². The number of para-hydroxylation sites is 1. The topological polar surface area (TPSA) is 93.4 Å². The first kappa shape index (κ1) is 23.3. The lowest BCUT2D eigenvalue weighted by Crippen LogP contribution is -2.46. The smallest absolute Gasteiger partial charge is 0.295 e. The SMILES string of the molecule is Cc1cc(C)cc(N([C@@H](C)C(=O)Nc2c(C)n(C)n(-c3ccccc3)c2=O)S(C)(=O)=O)c1. The van der Waals surface area contributed by atoms with Crippen molar-refractivity contribution in [3.05, 3.63) is 75.7 Å². The van der Waals surface area contributed by atoms with E-state index in [0.29, 0.717) is 17.1 Å². The van der Waals surface area contributed by atoms with Gasteiger partial charge in [-0.15, -0.1) is 0 Å². The van der Waals surface area contributed by atoms with Gasteiger partial charge in [0, 0.05) is 7.05 Å². The standard InChI is InChI=1S/C23H28N4O4S/c1-15-12-16(2)14-20(13-15)27(32(6,30)31)18(4)22(28)24-21-17(3)25(5)26(23(21)29)19-10-8-7-9-11-19/h7-14,18H,1-6H3,(H,24,28)/t18-/m0/s1. The quantitative estimate of drug-likeness (QED) is 0.617. The molecule has 3 aromatic rings. The number of carbonyl (C=O) groups is 1. The molecule has 0 saturated carbocycles. The molecule has 0 saturated heterocycles. The number of amides is 1. The van der Waals surface area contributed by atoms with E-state index in [1.54, 1.807) is 42.9 Å². The van der Waals surface area contributed by atoms with Crippen molar-refractivity contribution in [1.82, 2.24) is 9.36 Å². The lowest BCUT2D eigenvalue weighted by atomic mass is 10.1. The van der Waals surface area contributed by atoms with Crippen molar-refractivity contribution in [2.75, 3.05) is 15.9 Å². The Bertz CT molecular complexity index is 1300. The molecule has 0 bridgehead atoms. The molecule has 0 fully saturated rings. The summed E-state index contributed by atoms with van der Waals surface area (Å²) in [6.07, 6.45) is 1.06. The molecule has 0 aliphatic carbocycles. The average Bonchev–Trinajstić information content (AvgIpc) is 2.90. The molecule has 1 amide bonds. The minimum Gasteiger partial charge on any atom is -0.318 e. The highest BCUT2D eigenvalue weighted by molar-refractivity contribution is 7.92. The summed E-state index contributed by atoms with van der Waals surface area (Å²) in [4.78, 5) is 26.2. The van der Waals surface area contributed by atoms with E-state index in [1.807, 2.05) is 38.1 Å². The highest BCUT2D eigenvalue weighted by Crippen LogP contribution is 2.24. The van der Waals surface area contributed by atoms with Gasteiger partial charge in [-0.3, -0.25) is 18.6 Å². The summed E-state index contributed by atoms with van der Waals surface area (Å²) in [5, 5.41) is 2.66. The molecule has 8 nitrogen and oxygen atoms in total. The predicted octanol–water partition coefficient (Wildman–Crippen LogP) is 2.89. The van der Waals surface area contributed by atoms with Gasteiger partial charge >= 0.3 is 0 Å². The van der Waals surface area contributed by atoms with Gasteiger partial charge in [-0.25, -0.2) is 13.1 Å². The molecular formula is C23H28N4O4S. The van der Waals surface area contributed by atoms with E-state index in [-0.39, 0.29) is 5.69 Å². The zero-order valence-corrected chi connectivity index (χ0v) is 19.9. The van der Waals surface area contributed by atoms with Crippen molar-refractivity contribution in [3.63, 3.8) is 0 Å². The van der Waals surface area contributed by atoms with Gasteiger partial charge in [0.25, 0.3) is 5.56 Å². The Labute approximate surface area is 188 Å². The molecule has 9 heteroatoms. The van der Waals surface area contributed by atoms with Crippen LogP contribution in [0.15, 0.2) is 53.3 Å². The van der Waals surface area contributed by atoms with Gasteiger partial charge in [-0.05, 0) is 63.1 Å². The lowest BCUT2D eigenvalue weighted by molar-refractivity contribution is -0.116. The highest BCUT2D eigenvalue weighted by Gasteiger charge is 2.31. The highest BCUT2D eigenvalue weighted by atomic mass is 32.2. The second-order valence-electron chi connectivity index (χ2n) is 8.01. The summed E-state index contributed by atoms with van der Waals surface area (Å²) in [7, 11) is -2.05. The molecule has 3 rings (SSSR count). The molecule has 170 valence electrons. The van der Waals surface area contributed by atoms with Gasteiger partial charge in [0.1, 0.15) is 11.7 Å². The molecule has 32 heavy (non-hydrogen) atoms. The zero-order chi connectivity index (χ0) is 23.8. The Morgan fingerprint density at radius 2 is 1.59 bits per heavy atom. The molecule has 0 spiro atoms. The van der Waals surface area contributed by atoms with Crippen molar-refractivity contribution in [1.29, 1.82) is 0 Å². The van der Waals surface area contributed by atoms with Crippen LogP contribution in [0.1, 0.15) is 23.7 Å². The van der Waals surface area contributed by atoms with E-state index >= 15 is 0 Å². The summed E-state index contributed by atoms with van der Waals surface area (Å²) < 4.78 is 29.4. The van der Waals surface area contributed by atoms with E-state index in [1.165, 1.54) is 11.6 Å². The van der Waals surface area contributed by atoms with Crippen LogP contribution in [0.25, 0.3) is 5.69 Å². The summed E-state index contributed by atoms with van der Waals surface area (Å²) in [5.74, 6) is -0.597. The molecule has 1 atom stereocenters. The van der Waals surface area contributed by atoms with Gasteiger partial charge in [-0.1, -0.05) is 24.3 Å². The van der Waals surface area contributed by atoms with Gasteiger partial charge in [0.2, 0.25) is 15.9 Å². The first-order valence-electron chi connectivity index (χ1n) is 10.1. The third-order valence-electron chi connectivity index (χ3n) is 5.35. The van der Waals surface area contributed by atoms with Crippen molar-refractivity contribution in [3.8, 4) is 5.69 Å². The van der Waals surface area contributed by atoms with E-state index in [0.717, 1.165) is 21.7 Å². The van der Waals surface area contributed by atoms with Crippen molar-refractivity contribution < 1.29 is 13.2 Å². The largest absolute Gasteiger partial charge is 0.318 e. The van der Waals surface area contributed by atoms with Crippen molar-refractivity contribution in [2.45, 2.75) is 33.7 Å². The van der Waals surface area contributed by atoms with E-state index in [4.69, 9.17) is 0 Å². The van der Waals surface area contributed by atoms with Gasteiger partial charge < -0.3 is 5.32 Å². The predicted molar refractivity (Wildman–Crippen MR) is 127 cm³/mol. The Morgan fingerprint density at radius 3 is 2.12 bits per heavy atom. The number of hydrogen-bond donors (Lipinski definition) is 1. The number of benzene rings is 2. The van der Waals surface area contributed by atoms with E-state index in [9.17, 15) is 18.0 Å². The molecule has 0 aliphatic heterocycles. The van der Waals surface area contributed by atoms with Crippen LogP contribution in [-0.4, -0.2) is 36.0 Å². The second-order valence-corrected chi connectivity index (χ2v) is 9.87. The van der Waals surface area contributed by atoms with E-state index in [2.05, 4.69) is 5.32 Å². The Kier molecular flexibility index (Phi) is 6.32. The van der Waals surface area contributed by atoms with Crippen LogP contribution in [0, 0.1) is 20.8 Å². The van der Waals surface area contributed by atoms with Gasteiger partial charge in [-0.2, -0.15) is 0 Å². The number of aromatic nitrogens is 2. The molecule has 0 aliphatic rings. The Morgan fingerprint density at radius 1 is 1.03 bits per heavy atom. The maximum absolute atomic E-state index is 13.1. The maximum Gasteiger partial charge on any atom is 0.295 e. The summed E-state index contributed by atoms with van der Waals surface area (Å²) in [6, 6.07) is 13.4. The molecule has 0 radical (unpaired) electrons. The van der Waals surface area contributed by atoms with E-state index < -0.39 is 27.5 Å². The van der Waals surface area contributed by atoms with Crippen LogP contribution in [0.2, 0.25) is 0 Å². The minimum atomic E-state index is -3.77. The van der Waals surface area contributed by atoms with Crippen LogP contribution in [0.5, 0.6) is 0 Å². The summed E-state index contributed by atoms with van der Waals surface area (Å²) >= 11 is 0. The second kappa shape index (κ2) is 8.66. The third-order valence-corrected chi connectivity index (χ3v) is 6.59. The number of sulfonamides is 1. The monoisotopic (exact) mass is 456 g/mol. The first-order chi connectivity index (χ1) is 14.9. The third kappa shape index (κ3) is 4.47. The molecule has 1 heterocycles. The van der Waals surface area contributed by atoms with Crippen LogP contribution < -0.4 is 15.2 Å². The van der Waals surface area contributed by atoms with Gasteiger partial charge in [0.15, 0.2) is 0 Å². The number of carbonyl (C=O) groups excluding carboxylic acids is 1. The minimum absolute atomic E-state index is 0.113. The summed E-state index contributed by atoms with van der Waals surface area (Å²) in [6.45, 7) is 6.95. The number of aryl methyl sites for hydroxylation is 2. The number of nitrogens with zero attached hydrogens (tertiary/aromatic N) is 3. The van der Waals surface area contributed by atoms with Crippen LogP contribution in [-0.2, 0) is 21.9 Å². The number of anilines is 2. The van der Waals surface area contributed by atoms with Crippen LogP contribution in [0.3, 0.4) is 0 Å². The average molecular weight is 457 g/mol. The molecular weight excluding hydrogens is 428 g/mol. The fourth-order valence-corrected chi connectivity index (χ4v) is 4.99. The lowest BCUT2D eigenvalue weighted by Gasteiger charge is -2.28. The Hall–Kier alpha value is -3.33. The fraction of sp³-hybridized carbons (Fsp3) is 0.304. The summed E-state index contributed by atoms with van der Waals surface area (Å²) in [5.41, 5.74) is 3.09. The number of nitrogens with one attached hydrogen (secondary N) is 1. The molecule has 1 aromatic heterocycles. The molecule has 0 unspecified atom stereocenters. The maximum atomic E-state index is 13.1.